The molecule has 0 fully saturated rings. The number of aromatic nitrogens is 1. The standard InChI is InChI=1S/C18H19F3N2O2/c1-3-25-17(24)23-8-6-13-11(2)14-10-12(18(19,20)21)4-5-15(14)22-16(13)7-9-23/h4-5,10H,3,6-9H2,1-2H3. The fraction of sp³-hybridized carbons (Fsp3) is 0.444. The summed E-state index contributed by atoms with van der Waals surface area (Å²) in [7, 11) is 0. The number of pyridine rings is 1. The van der Waals surface area contributed by atoms with E-state index in [1.165, 1.54) is 6.07 Å². The molecule has 0 N–H and O–H groups in total. The molecule has 4 nitrogen and oxygen atoms in total. The molecule has 1 aromatic carbocycles. The first kappa shape index (κ1) is 17.5. The number of amides is 1. The zero-order valence-corrected chi connectivity index (χ0v) is 14.1. The van der Waals surface area contributed by atoms with Gasteiger partial charge in [-0.15, -0.1) is 0 Å². The van der Waals surface area contributed by atoms with E-state index in [4.69, 9.17) is 4.74 Å². The Morgan fingerprint density at radius 1 is 1.28 bits per heavy atom. The highest BCUT2D eigenvalue weighted by atomic mass is 19.4. The van der Waals surface area contributed by atoms with Crippen molar-refractivity contribution in [2.45, 2.75) is 32.9 Å². The highest BCUT2D eigenvalue weighted by molar-refractivity contribution is 5.84. The lowest BCUT2D eigenvalue weighted by Crippen LogP contribution is -2.33. The second-order valence-electron chi connectivity index (χ2n) is 6.08. The summed E-state index contributed by atoms with van der Waals surface area (Å²) in [4.78, 5) is 18.1. The van der Waals surface area contributed by atoms with Gasteiger partial charge in [-0.3, -0.25) is 4.98 Å². The van der Waals surface area contributed by atoms with Crippen molar-refractivity contribution in [3.63, 3.8) is 0 Å². The van der Waals surface area contributed by atoms with E-state index < -0.39 is 11.7 Å². The summed E-state index contributed by atoms with van der Waals surface area (Å²) in [5, 5.41) is 0.512. The van der Waals surface area contributed by atoms with Crippen LogP contribution in [0.4, 0.5) is 18.0 Å². The maximum Gasteiger partial charge on any atom is 0.416 e. The highest BCUT2D eigenvalue weighted by Gasteiger charge is 2.31. The van der Waals surface area contributed by atoms with Gasteiger partial charge in [0, 0.05) is 30.6 Å². The van der Waals surface area contributed by atoms with Crippen LogP contribution in [0.5, 0.6) is 0 Å². The summed E-state index contributed by atoms with van der Waals surface area (Å²) in [6, 6.07) is 3.63. The van der Waals surface area contributed by atoms with E-state index in [0.717, 1.165) is 29.0 Å². The number of alkyl halides is 3. The van der Waals surface area contributed by atoms with Crippen molar-refractivity contribution in [3.05, 3.63) is 40.6 Å². The Bertz CT molecular complexity index is 818. The summed E-state index contributed by atoms with van der Waals surface area (Å²) in [6.45, 7) is 4.84. The second kappa shape index (κ2) is 6.54. The zero-order valence-electron chi connectivity index (χ0n) is 14.1. The van der Waals surface area contributed by atoms with Crippen LogP contribution in [0.3, 0.4) is 0 Å². The average molecular weight is 352 g/mol. The molecule has 1 aromatic heterocycles. The van der Waals surface area contributed by atoms with Crippen LogP contribution in [0.2, 0.25) is 0 Å². The summed E-state index contributed by atoms with van der Waals surface area (Å²) in [6.07, 6.45) is -3.63. The molecule has 7 heteroatoms. The van der Waals surface area contributed by atoms with Crippen molar-refractivity contribution < 1.29 is 22.7 Å². The molecule has 0 atom stereocenters. The molecule has 25 heavy (non-hydrogen) atoms. The maximum atomic E-state index is 13.0. The number of nitrogens with zero attached hydrogens (tertiary/aromatic N) is 2. The fourth-order valence-corrected chi connectivity index (χ4v) is 3.24. The molecule has 0 spiro atoms. The molecule has 1 aliphatic rings. The largest absolute Gasteiger partial charge is 0.450 e. The molecule has 2 heterocycles. The molecule has 0 unspecified atom stereocenters. The van der Waals surface area contributed by atoms with Crippen molar-refractivity contribution in [2.24, 2.45) is 0 Å². The third-order valence-corrected chi connectivity index (χ3v) is 4.56. The number of rotatable bonds is 1. The number of carbonyl (C=O) groups is 1. The third kappa shape index (κ3) is 3.41. The Morgan fingerprint density at radius 2 is 2.00 bits per heavy atom. The van der Waals surface area contributed by atoms with Crippen LogP contribution in [0.15, 0.2) is 18.2 Å². The quantitative estimate of drug-likeness (QED) is 0.775. The van der Waals surface area contributed by atoms with Crippen LogP contribution < -0.4 is 0 Å². The number of hydrogen-bond donors (Lipinski definition) is 0. The van der Waals surface area contributed by atoms with Crippen LogP contribution in [-0.4, -0.2) is 35.7 Å². The molecular formula is C18H19F3N2O2. The van der Waals surface area contributed by atoms with Crippen molar-refractivity contribution >= 4 is 17.0 Å². The van der Waals surface area contributed by atoms with E-state index in [0.29, 0.717) is 43.4 Å². The molecule has 1 amide bonds. The first-order valence-corrected chi connectivity index (χ1v) is 8.22. The van der Waals surface area contributed by atoms with Crippen LogP contribution >= 0.6 is 0 Å². The monoisotopic (exact) mass is 352 g/mol. The molecule has 0 radical (unpaired) electrons. The molecule has 2 aromatic rings. The first-order valence-electron chi connectivity index (χ1n) is 8.22. The number of benzene rings is 1. The normalized spacial score (nSPS) is 15.0. The van der Waals surface area contributed by atoms with Crippen molar-refractivity contribution in [1.29, 1.82) is 0 Å². The summed E-state index contributed by atoms with van der Waals surface area (Å²) in [5.41, 5.74) is 2.45. The first-order chi connectivity index (χ1) is 11.8. The lowest BCUT2D eigenvalue weighted by Gasteiger charge is -2.18. The molecule has 0 aliphatic carbocycles. The Kier molecular flexibility index (Phi) is 4.58. The fourth-order valence-electron chi connectivity index (χ4n) is 3.24. The van der Waals surface area contributed by atoms with E-state index in [-0.39, 0.29) is 6.09 Å². The third-order valence-electron chi connectivity index (χ3n) is 4.56. The van der Waals surface area contributed by atoms with E-state index in [2.05, 4.69) is 4.98 Å². The Morgan fingerprint density at radius 3 is 2.68 bits per heavy atom. The van der Waals surface area contributed by atoms with Gasteiger partial charge < -0.3 is 9.64 Å². The predicted molar refractivity (Wildman–Crippen MR) is 87.5 cm³/mol. The van der Waals surface area contributed by atoms with Gasteiger partial charge in [-0.1, -0.05) is 0 Å². The number of ether oxygens (including phenoxy) is 1. The van der Waals surface area contributed by atoms with E-state index in [1.54, 1.807) is 11.8 Å². The number of carbonyl (C=O) groups excluding carboxylic acids is 1. The molecule has 0 saturated heterocycles. The summed E-state index contributed by atoms with van der Waals surface area (Å²) < 4.78 is 44.0. The van der Waals surface area contributed by atoms with Gasteiger partial charge in [-0.25, -0.2) is 4.79 Å². The molecule has 0 bridgehead atoms. The number of fused-ring (bicyclic) bond motifs is 2. The highest BCUT2D eigenvalue weighted by Crippen LogP contribution is 2.33. The van der Waals surface area contributed by atoms with E-state index in [9.17, 15) is 18.0 Å². The van der Waals surface area contributed by atoms with E-state index >= 15 is 0 Å². The molecule has 1 aliphatic heterocycles. The molecule has 3 rings (SSSR count). The minimum absolute atomic E-state index is 0.309. The van der Waals surface area contributed by atoms with Gasteiger partial charge in [0.25, 0.3) is 0 Å². The number of hydrogen-bond acceptors (Lipinski definition) is 3. The van der Waals surface area contributed by atoms with Crippen LogP contribution in [0.25, 0.3) is 10.9 Å². The van der Waals surface area contributed by atoms with Crippen LogP contribution in [-0.2, 0) is 23.8 Å². The Balaban J connectivity index is 1.99. The number of halogens is 3. The molecule has 0 saturated carbocycles. The molecular weight excluding hydrogens is 333 g/mol. The van der Waals surface area contributed by atoms with Crippen molar-refractivity contribution in [2.75, 3.05) is 19.7 Å². The van der Waals surface area contributed by atoms with Crippen molar-refractivity contribution in [1.82, 2.24) is 9.88 Å². The number of aryl methyl sites for hydroxylation is 1. The van der Waals surface area contributed by atoms with Gasteiger partial charge in [0.2, 0.25) is 0 Å². The lowest BCUT2D eigenvalue weighted by atomic mass is 9.97. The lowest BCUT2D eigenvalue weighted by molar-refractivity contribution is -0.137. The van der Waals surface area contributed by atoms with Gasteiger partial charge in [0.05, 0.1) is 17.7 Å². The Labute approximate surface area is 143 Å². The van der Waals surface area contributed by atoms with Gasteiger partial charge in [0.15, 0.2) is 0 Å². The SMILES string of the molecule is CCOC(=O)N1CCc2nc3ccc(C(F)(F)F)cc3c(C)c2CC1. The van der Waals surface area contributed by atoms with Gasteiger partial charge in [0.1, 0.15) is 0 Å². The Hall–Kier alpha value is -2.31. The minimum atomic E-state index is -4.38. The summed E-state index contributed by atoms with van der Waals surface area (Å²) in [5.74, 6) is 0. The predicted octanol–water partition coefficient (Wildman–Crippen LogP) is 4.12. The summed E-state index contributed by atoms with van der Waals surface area (Å²) >= 11 is 0. The zero-order chi connectivity index (χ0) is 18.2. The van der Waals surface area contributed by atoms with Gasteiger partial charge in [-0.05, 0) is 49.6 Å². The van der Waals surface area contributed by atoms with Gasteiger partial charge >= 0.3 is 12.3 Å². The van der Waals surface area contributed by atoms with Crippen LogP contribution in [0.1, 0.15) is 29.3 Å². The average Bonchev–Trinajstić information content (AvgIpc) is 2.77. The van der Waals surface area contributed by atoms with Crippen molar-refractivity contribution in [3.8, 4) is 0 Å². The maximum absolute atomic E-state index is 13.0. The molecule has 134 valence electrons. The van der Waals surface area contributed by atoms with Crippen LogP contribution in [0, 0.1) is 6.92 Å². The van der Waals surface area contributed by atoms with Gasteiger partial charge in [-0.2, -0.15) is 13.2 Å². The minimum Gasteiger partial charge on any atom is -0.450 e. The smallest absolute Gasteiger partial charge is 0.416 e. The second-order valence-corrected chi connectivity index (χ2v) is 6.08. The topological polar surface area (TPSA) is 42.4 Å². The van der Waals surface area contributed by atoms with E-state index in [1.807, 2.05) is 6.92 Å².